The van der Waals surface area contributed by atoms with Gasteiger partial charge in [-0.1, -0.05) is 51.3 Å². The lowest BCUT2D eigenvalue weighted by molar-refractivity contribution is 0.304. The van der Waals surface area contributed by atoms with E-state index in [9.17, 15) is 0 Å². The molecule has 0 atom stereocenters. The first-order chi connectivity index (χ1) is 7.74. The number of benzene rings is 1. The summed E-state index contributed by atoms with van der Waals surface area (Å²) in [6.07, 6.45) is 3.66. The average Bonchev–Trinajstić information content (AvgIpc) is 2.29. The van der Waals surface area contributed by atoms with Gasteiger partial charge in [0.1, 0.15) is 5.75 Å². The lowest BCUT2D eigenvalue weighted by Gasteiger charge is -2.09. The van der Waals surface area contributed by atoms with Crippen molar-refractivity contribution in [3.05, 3.63) is 29.3 Å². The maximum atomic E-state index is 5.69. The van der Waals surface area contributed by atoms with E-state index in [1.54, 1.807) is 0 Å². The lowest BCUT2D eigenvalue weighted by atomic mass is 10.1. The Bertz CT molecular complexity index is 279. The number of hydrogen-bond acceptors (Lipinski definition) is 1. The van der Waals surface area contributed by atoms with Crippen LogP contribution in [0, 0.1) is 13.8 Å². The van der Waals surface area contributed by atoms with Gasteiger partial charge in [-0.2, -0.15) is 0 Å². The minimum absolute atomic E-state index is 0.845. The maximum absolute atomic E-state index is 5.69. The monoisotopic (exact) mass is 222 g/mol. The van der Waals surface area contributed by atoms with Crippen LogP contribution in [-0.4, -0.2) is 6.61 Å². The van der Waals surface area contributed by atoms with E-state index in [2.05, 4.69) is 39.0 Å². The summed E-state index contributed by atoms with van der Waals surface area (Å²) >= 11 is 0. The second kappa shape index (κ2) is 9.26. The van der Waals surface area contributed by atoms with Crippen molar-refractivity contribution in [1.29, 1.82) is 0 Å². The van der Waals surface area contributed by atoms with Crippen LogP contribution in [0.2, 0.25) is 0 Å². The molecule has 0 unspecified atom stereocenters. The van der Waals surface area contributed by atoms with Crippen LogP contribution in [0.1, 0.15) is 51.2 Å². The molecule has 0 saturated heterocycles. The molecule has 0 aliphatic rings. The predicted molar refractivity (Wildman–Crippen MR) is 72.3 cm³/mol. The zero-order chi connectivity index (χ0) is 12.4. The van der Waals surface area contributed by atoms with Crippen LogP contribution < -0.4 is 4.74 Å². The van der Waals surface area contributed by atoms with E-state index in [1.807, 2.05) is 13.8 Å². The molecule has 92 valence electrons. The van der Waals surface area contributed by atoms with Gasteiger partial charge >= 0.3 is 0 Å². The Morgan fingerprint density at radius 1 is 1.06 bits per heavy atom. The smallest absolute Gasteiger partial charge is 0.122 e. The number of rotatable bonds is 5. The highest BCUT2D eigenvalue weighted by atomic mass is 16.5. The molecule has 1 nitrogen and oxygen atoms in total. The van der Waals surface area contributed by atoms with Gasteiger partial charge in [-0.3, -0.25) is 0 Å². The van der Waals surface area contributed by atoms with Gasteiger partial charge < -0.3 is 4.74 Å². The van der Waals surface area contributed by atoms with E-state index in [-0.39, 0.29) is 0 Å². The van der Waals surface area contributed by atoms with Crippen molar-refractivity contribution in [2.45, 2.75) is 53.9 Å². The summed E-state index contributed by atoms with van der Waals surface area (Å²) < 4.78 is 5.69. The Morgan fingerprint density at radius 2 is 1.75 bits per heavy atom. The molecule has 0 aliphatic carbocycles. The van der Waals surface area contributed by atoms with Crippen molar-refractivity contribution in [3.8, 4) is 5.75 Å². The van der Waals surface area contributed by atoms with Gasteiger partial charge in [-0.05, 0) is 31.9 Å². The van der Waals surface area contributed by atoms with Gasteiger partial charge in [0.05, 0.1) is 6.61 Å². The van der Waals surface area contributed by atoms with E-state index in [0.29, 0.717) is 0 Å². The van der Waals surface area contributed by atoms with Crippen molar-refractivity contribution in [3.63, 3.8) is 0 Å². The molecule has 1 rings (SSSR count). The fourth-order valence-electron chi connectivity index (χ4n) is 1.50. The first-order valence-corrected chi connectivity index (χ1v) is 6.44. The van der Waals surface area contributed by atoms with Crippen LogP contribution in [0.15, 0.2) is 18.2 Å². The van der Waals surface area contributed by atoms with Gasteiger partial charge in [0.2, 0.25) is 0 Å². The van der Waals surface area contributed by atoms with Gasteiger partial charge in [0.25, 0.3) is 0 Å². The van der Waals surface area contributed by atoms with Crippen molar-refractivity contribution < 1.29 is 4.74 Å². The number of aryl methyl sites for hydroxylation is 2. The minimum atomic E-state index is 0.845. The van der Waals surface area contributed by atoms with Crippen LogP contribution in [0.4, 0.5) is 0 Å². The Hall–Kier alpha value is -0.980. The van der Waals surface area contributed by atoms with Gasteiger partial charge in [0, 0.05) is 0 Å². The summed E-state index contributed by atoms with van der Waals surface area (Å²) in [6.45, 7) is 11.3. The average molecular weight is 222 g/mol. The van der Waals surface area contributed by atoms with E-state index in [0.717, 1.165) is 18.8 Å². The number of ether oxygens (including phenoxy) is 1. The summed E-state index contributed by atoms with van der Waals surface area (Å²) in [4.78, 5) is 0. The molecule has 0 N–H and O–H groups in total. The Kier molecular flexibility index (Phi) is 8.69. The second-order valence-electron chi connectivity index (χ2n) is 3.82. The molecular formula is C15H26O. The summed E-state index contributed by atoms with van der Waals surface area (Å²) in [7, 11) is 0. The van der Waals surface area contributed by atoms with E-state index < -0.39 is 0 Å². The zero-order valence-electron chi connectivity index (χ0n) is 11.5. The normalized spacial score (nSPS) is 9.31. The third-order valence-corrected chi connectivity index (χ3v) is 2.34. The zero-order valence-corrected chi connectivity index (χ0v) is 11.5. The number of hydrogen-bond donors (Lipinski definition) is 0. The second-order valence-corrected chi connectivity index (χ2v) is 3.82. The van der Waals surface area contributed by atoms with Crippen molar-refractivity contribution in [1.82, 2.24) is 0 Å². The summed E-state index contributed by atoms with van der Waals surface area (Å²) in [5.74, 6) is 1.03. The molecule has 1 aromatic rings. The molecular weight excluding hydrogens is 196 g/mol. The third kappa shape index (κ3) is 5.79. The first-order valence-electron chi connectivity index (χ1n) is 6.44. The molecule has 0 spiro atoms. The quantitative estimate of drug-likeness (QED) is 0.644. The van der Waals surface area contributed by atoms with Gasteiger partial charge in [0.15, 0.2) is 0 Å². The van der Waals surface area contributed by atoms with Crippen LogP contribution in [-0.2, 0) is 0 Å². The first kappa shape index (κ1) is 15.0. The predicted octanol–water partition coefficient (Wildman–Crippen LogP) is 4.90. The molecule has 0 heterocycles. The minimum Gasteiger partial charge on any atom is -0.493 e. The maximum Gasteiger partial charge on any atom is 0.122 e. The molecule has 0 radical (unpaired) electrons. The molecule has 0 aliphatic heterocycles. The SMILES string of the molecule is CC.CCCCCOc1ccc(C)cc1C. The highest BCUT2D eigenvalue weighted by Crippen LogP contribution is 2.18. The molecule has 0 aromatic heterocycles. The Morgan fingerprint density at radius 3 is 2.31 bits per heavy atom. The van der Waals surface area contributed by atoms with Crippen molar-refractivity contribution in [2.24, 2.45) is 0 Å². The van der Waals surface area contributed by atoms with Crippen molar-refractivity contribution >= 4 is 0 Å². The van der Waals surface area contributed by atoms with E-state index in [4.69, 9.17) is 4.74 Å². The molecule has 0 saturated carbocycles. The fraction of sp³-hybridized carbons (Fsp3) is 0.600. The van der Waals surface area contributed by atoms with Crippen LogP contribution in [0.25, 0.3) is 0 Å². The molecule has 0 amide bonds. The van der Waals surface area contributed by atoms with E-state index in [1.165, 1.54) is 24.0 Å². The topological polar surface area (TPSA) is 9.23 Å². The van der Waals surface area contributed by atoms with E-state index >= 15 is 0 Å². The van der Waals surface area contributed by atoms with Gasteiger partial charge in [-0.25, -0.2) is 0 Å². The molecule has 0 bridgehead atoms. The highest BCUT2D eigenvalue weighted by Gasteiger charge is 1.98. The number of unbranched alkanes of at least 4 members (excludes halogenated alkanes) is 2. The Balaban J connectivity index is 0.00000106. The summed E-state index contributed by atoms with van der Waals surface area (Å²) in [5, 5.41) is 0. The van der Waals surface area contributed by atoms with Crippen molar-refractivity contribution in [2.75, 3.05) is 6.61 Å². The standard InChI is InChI=1S/C13H20O.C2H6/c1-4-5-6-9-14-13-8-7-11(2)10-12(13)3;1-2/h7-8,10H,4-6,9H2,1-3H3;1-2H3. The molecule has 0 fully saturated rings. The third-order valence-electron chi connectivity index (χ3n) is 2.34. The van der Waals surface area contributed by atoms with Crippen LogP contribution in [0.3, 0.4) is 0 Å². The summed E-state index contributed by atoms with van der Waals surface area (Å²) in [6, 6.07) is 6.33. The highest BCUT2D eigenvalue weighted by molar-refractivity contribution is 5.35. The summed E-state index contributed by atoms with van der Waals surface area (Å²) in [5.41, 5.74) is 2.53. The fourth-order valence-corrected chi connectivity index (χ4v) is 1.50. The molecule has 1 heteroatoms. The largest absolute Gasteiger partial charge is 0.493 e. The molecule has 16 heavy (non-hydrogen) atoms. The molecule has 1 aromatic carbocycles. The van der Waals surface area contributed by atoms with Gasteiger partial charge in [-0.15, -0.1) is 0 Å². The Labute approximate surface area is 101 Å². The van der Waals surface area contributed by atoms with Crippen LogP contribution >= 0.6 is 0 Å². The lowest BCUT2D eigenvalue weighted by Crippen LogP contribution is -1.98. The van der Waals surface area contributed by atoms with Crippen LogP contribution in [0.5, 0.6) is 5.75 Å².